The number of aromatic nitrogens is 1. The number of methoxy groups -OCH3 is 1. The number of nitrogens with zero attached hydrogens (tertiary/aromatic N) is 2. The molecular weight excluding hydrogens is 274 g/mol. The third-order valence-electron chi connectivity index (χ3n) is 2.48. The number of hydrazone groups is 1. The molecule has 0 spiro atoms. The van der Waals surface area contributed by atoms with Gasteiger partial charge in [0.05, 0.1) is 25.6 Å². The molecule has 0 amide bonds. The van der Waals surface area contributed by atoms with Crippen LogP contribution in [0, 0.1) is 6.92 Å². The van der Waals surface area contributed by atoms with E-state index in [1.54, 1.807) is 13.3 Å². The first kappa shape index (κ1) is 14.3. The first-order valence-electron chi connectivity index (χ1n) is 6.25. The van der Waals surface area contributed by atoms with Crippen molar-refractivity contribution in [2.75, 3.05) is 19.1 Å². The summed E-state index contributed by atoms with van der Waals surface area (Å²) in [5.74, 6) is 1.43. The molecule has 6 heteroatoms. The van der Waals surface area contributed by atoms with Crippen LogP contribution in [0.15, 0.2) is 28.7 Å². The minimum absolute atomic E-state index is 0.591. The highest BCUT2D eigenvalue weighted by Crippen LogP contribution is 2.27. The van der Waals surface area contributed by atoms with Crippen molar-refractivity contribution in [3.8, 4) is 11.5 Å². The summed E-state index contributed by atoms with van der Waals surface area (Å²) in [6.07, 6.45) is 1.72. The van der Waals surface area contributed by atoms with E-state index in [4.69, 9.17) is 9.47 Å². The summed E-state index contributed by atoms with van der Waals surface area (Å²) >= 11 is 1.52. The third-order valence-corrected chi connectivity index (χ3v) is 3.35. The van der Waals surface area contributed by atoms with Crippen LogP contribution in [0.1, 0.15) is 18.2 Å². The zero-order valence-electron chi connectivity index (χ0n) is 11.7. The van der Waals surface area contributed by atoms with Gasteiger partial charge < -0.3 is 9.47 Å². The van der Waals surface area contributed by atoms with Gasteiger partial charge in [-0.15, -0.1) is 11.3 Å². The van der Waals surface area contributed by atoms with Crippen molar-refractivity contribution in [2.24, 2.45) is 5.10 Å². The van der Waals surface area contributed by atoms with Crippen molar-refractivity contribution in [1.29, 1.82) is 0 Å². The number of anilines is 1. The fraction of sp³-hybridized carbons (Fsp3) is 0.286. The summed E-state index contributed by atoms with van der Waals surface area (Å²) in [6, 6.07) is 5.67. The van der Waals surface area contributed by atoms with Gasteiger partial charge in [0.1, 0.15) is 0 Å². The number of aryl methyl sites for hydroxylation is 1. The number of ether oxygens (including phenoxy) is 2. The van der Waals surface area contributed by atoms with E-state index in [0.29, 0.717) is 18.1 Å². The normalized spacial score (nSPS) is 10.8. The van der Waals surface area contributed by atoms with E-state index in [1.165, 1.54) is 11.3 Å². The largest absolute Gasteiger partial charge is 0.493 e. The molecule has 5 nitrogen and oxygen atoms in total. The van der Waals surface area contributed by atoms with Crippen molar-refractivity contribution in [2.45, 2.75) is 13.8 Å². The van der Waals surface area contributed by atoms with E-state index < -0.39 is 0 Å². The summed E-state index contributed by atoms with van der Waals surface area (Å²) in [5.41, 5.74) is 4.81. The third kappa shape index (κ3) is 3.71. The van der Waals surface area contributed by atoms with Crippen molar-refractivity contribution >= 4 is 22.7 Å². The maximum absolute atomic E-state index is 5.52. The Balaban J connectivity index is 2.06. The molecule has 1 aromatic heterocycles. The predicted molar refractivity (Wildman–Crippen MR) is 82.2 cm³/mol. The molecule has 1 N–H and O–H groups in total. The average Bonchev–Trinajstić information content (AvgIpc) is 2.85. The molecule has 0 saturated heterocycles. The Morgan fingerprint density at radius 1 is 1.40 bits per heavy atom. The SMILES string of the molecule is CCOc1cc(C=NNc2nc(C)cs2)ccc1OC. The van der Waals surface area contributed by atoms with Gasteiger partial charge in [0.25, 0.3) is 0 Å². The van der Waals surface area contributed by atoms with Gasteiger partial charge in [-0.3, -0.25) is 5.43 Å². The Kier molecular flexibility index (Phi) is 4.95. The van der Waals surface area contributed by atoms with E-state index in [2.05, 4.69) is 15.5 Å². The molecule has 2 rings (SSSR count). The zero-order valence-corrected chi connectivity index (χ0v) is 12.5. The standard InChI is InChI=1S/C14H17N3O2S/c1-4-19-13-7-11(5-6-12(13)18-3)8-15-17-14-16-10(2)9-20-14/h5-9H,4H2,1-3H3,(H,16,17). The summed E-state index contributed by atoms with van der Waals surface area (Å²) in [6.45, 7) is 4.48. The van der Waals surface area contributed by atoms with Gasteiger partial charge in [-0.2, -0.15) is 5.10 Å². The van der Waals surface area contributed by atoms with Crippen molar-refractivity contribution in [3.05, 3.63) is 34.8 Å². The maximum Gasteiger partial charge on any atom is 0.203 e. The van der Waals surface area contributed by atoms with E-state index >= 15 is 0 Å². The smallest absolute Gasteiger partial charge is 0.203 e. The first-order valence-corrected chi connectivity index (χ1v) is 7.13. The van der Waals surface area contributed by atoms with Crippen LogP contribution in [-0.4, -0.2) is 24.9 Å². The predicted octanol–water partition coefficient (Wildman–Crippen LogP) is 3.30. The highest BCUT2D eigenvalue weighted by Gasteiger charge is 2.04. The van der Waals surface area contributed by atoms with E-state index in [0.717, 1.165) is 16.4 Å². The van der Waals surface area contributed by atoms with Crippen molar-refractivity contribution < 1.29 is 9.47 Å². The summed E-state index contributed by atoms with van der Waals surface area (Å²) in [5, 5.41) is 6.90. The van der Waals surface area contributed by atoms with Crippen LogP contribution in [0.25, 0.3) is 0 Å². The summed E-state index contributed by atoms with van der Waals surface area (Å²) in [4.78, 5) is 4.27. The average molecular weight is 291 g/mol. The minimum atomic E-state index is 0.591. The van der Waals surface area contributed by atoms with Gasteiger partial charge in [0, 0.05) is 5.38 Å². The van der Waals surface area contributed by atoms with Gasteiger partial charge >= 0.3 is 0 Å². The first-order chi connectivity index (χ1) is 9.72. The van der Waals surface area contributed by atoms with Crippen molar-refractivity contribution in [1.82, 2.24) is 4.98 Å². The lowest BCUT2D eigenvalue weighted by Gasteiger charge is -2.09. The molecule has 0 fully saturated rings. The number of rotatable bonds is 6. The Labute approximate surface area is 122 Å². The topological polar surface area (TPSA) is 55.7 Å². The van der Waals surface area contributed by atoms with Gasteiger partial charge in [-0.05, 0) is 37.6 Å². The molecule has 0 radical (unpaired) electrons. The van der Waals surface area contributed by atoms with Crippen LogP contribution >= 0.6 is 11.3 Å². The highest BCUT2D eigenvalue weighted by molar-refractivity contribution is 7.13. The van der Waals surface area contributed by atoms with Crippen LogP contribution in [0.4, 0.5) is 5.13 Å². The molecule has 0 bridgehead atoms. The summed E-state index contributed by atoms with van der Waals surface area (Å²) < 4.78 is 10.8. The van der Waals surface area contributed by atoms with Crippen molar-refractivity contribution in [3.63, 3.8) is 0 Å². The number of benzene rings is 1. The van der Waals surface area contributed by atoms with Gasteiger partial charge in [0.2, 0.25) is 5.13 Å². The number of hydrogen-bond donors (Lipinski definition) is 1. The summed E-state index contributed by atoms with van der Waals surface area (Å²) in [7, 11) is 1.62. The molecule has 0 aliphatic rings. The number of thiazole rings is 1. The zero-order chi connectivity index (χ0) is 14.4. The van der Waals surface area contributed by atoms with E-state index in [-0.39, 0.29) is 0 Å². The second-order valence-electron chi connectivity index (χ2n) is 4.01. The lowest BCUT2D eigenvalue weighted by molar-refractivity contribution is 0.311. The Morgan fingerprint density at radius 3 is 2.90 bits per heavy atom. The molecule has 0 saturated carbocycles. The van der Waals surface area contributed by atoms with Crippen LogP contribution in [-0.2, 0) is 0 Å². The van der Waals surface area contributed by atoms with Crippen LogP contribution in [0.3, 0.4) is 0 Å². The maximum atomic E-state index is 5.52. The molecule has 0 aliphatic heterocycles. The molecule has 1 aromatic carbocycles. The molecule has 1 heterocycles. The van der Waals surface area contributed by atoms with E-state index in [9.17, 15) is 0 Å². The second kappa shape index (κ2) is 6.91. The lowest BCUT2D eigenvalue weighted by atomic mass is 10.2. The fourth-order valence-electron chi connectivity index (χ4n) is 1.61. The molecule has 0 unspecified atom stereocenters. The fourth-order valence-corrected chi connectivity index (χ4v) is 2.25. The second-order valence-corrected chi connectivity index (χ2v) is 4.87. The quantitative estimate of drug-likeness (QED) is 0.655. The van der Waals surface area contributed by atoms with Gasteiger partial charge in [0.15, 0.2) is 11.5 Å². The molecule has 2 aromatic rings. The Bertz CT molecular complexity index is 596. The Hall–Kier alpha value is -2.08. The monoisotopic (exact) mass is 291 g/mol. The van der Waals surface area contributed by atoms with Crippen LogP contribution < -0.4 is 14.9 Å². The number of hydrogen-bond acceptors (Lipinski definition) is 6. The molecule has 20 heavy (non-hydrogen) atoms. The minimum Gasteiger partial charge on any atom is -0.493 e. The van der Waals surface area contributed by atoms with Crippen LogP contribution in [0.2, 0.25) is 0 Å². The molecular formula is C14H17N3O2S. The number of nitrogens with one attached hydrogen (secondary N) is 1. The van der Waals surface area contributed by atoms with Gasteiger partial charge in [-0.25, -0.2) is 4.98 Å². The highest BCUT2D eigenvalue weighted by atomic mass is 32.1. The van der Waals surface area contributed by atoms with Gasteiger partial charge in [-0.1, -0.05) is 0 Å². The Morgan fingerprint density at radius 2 is 2.25 bits per heavy atom. The van der Waals surface area contributed by atoms with Crippen LogP contribution in [0.5, 0.6) is 11.5 Å². The molecule has 0 atom stereocenters. The molecule has 0 aliphatic carbocycles. The lowest BCUT2D eigenvalue weighted by Crippen LogP contribution is -1.97. The molecule has 106 valence electrons. The van der Waals surface area contributed by atoms with E-state index in [1.807, 2.05) is 37.4 Å².